The zero-order valence-electron chi connectivity index (χ0n) is 17.1. The van der Waals surface area contributed by atoms with E-state index >= 15 is 0 Å². The Hall–Kier alpha value is -3.52. The van der Waals surface area contributed by atoms with Gasteiger partial charge in [-0.05, 0) is 0 Å². The fraction of sp³-hybridized carbons (Fsp3) is 0. The normalized spacial score (nSPS) is 11.4. The first-order valence-corrected chi connectivity index (χ1v) is 12.2. The number of hydrogen-bond donors (Lipinski definition) is 0. The molecule has 0 N–H and O–H groups in total. The molecule has 0 aliphatic rings. The van der Waals surface area contributed by atoms with Gasteiger partial charge in [0.05, 0.1) is 0 Å². The summed E-state index contributed by atoms with van der Waals surface area (Å²) in [5, 5.41) is 6.99. The van der Waals surface area contributed by atoms with Crippen LogP contribution in [0.1, 0.15) is 0 Å². The van der Waals surface area contributed by atoms with Crippen LogP contribution >= 0.6 is 0 Å². The van der Waals surface area contributed by atoms with Crippen molar-refractivity contribution in [1.82, 2.24) is 4.98 Å². The minimum atomic E-state index is -0.195. The molecule has 0 fully saturated rings. The van der Waals surface area contributed by atoms with Crippen LogP contribution in [0.15, 0.2) is 109 Å². The van der Waals surface area contributed by atoms with E-state index in [-0.39, 0.29) is 20.8 Å². The molecule has 0 atom stereocenters. The number of benzene rings is 5. The average Bonchev–Trinajstić information content (AvgIpc) is 2.85. The molecule has 0 aliphatic heterocycles. The van der Waals surface area contributed by atoms with Gasteiger partial charge in [0.1, 0.15) is 0 Å². The molecule has 6 aromatic rings. The maximum absolute atomic E-state index is 14.6. The third kappa shape index (κ3) is 3.18. The van der Waals surface area contributed by atoms with E-state index in [2.05, 4.69) is 78.9 Å². The molecule has 0 saturated heterocycles. The van der Waals surface area contributed by atoms with E-state index in [1.807, 2.05) is 18.3 Å². The number of halogens is 1. The summed E-state index contributed by atoms with van der Waals surface area (Å²) in [6, 6.07) is 34.6. The van der Waals surface area contributed by atoms with Crippen molar-refractivity contribution < 1.29 is 4.39 Å². The minimum absolute atomic E-state index is 0.150. The van der Waals surface area contributed by atoms with Crippen LogP contribution in [0.3, 0.4) is 0 Å². The molecule has 1 heterocycles. The third-order valence-corrected chi connectivity index (χ3v) is 8.17. The fourth-order valence-electron chi connectivity index (χ4n) is 4.36. The average molecular weight is 478 g/mol. The van der Waals surface area contributed by atoms with E-state index in [9.17, 15) is 4.39 Å². The number of pyridine rings is 1. The van der Waals surface area contributed by atoms with E-state index in [0.717, 1.165) is 41.7 Å². The van der Waals surface area contributed by atoms with Crippen molar-refractivity contribution in [2.45, 2.75) is 0 Å². The first-order valence-electron chi connectivity index (χ1n) is 10.5. The maximum atomic E-state index is 14.6. The van der Waals surface area contributed by atoms with Crippen molar-refractivity contribution in [1.29, 1.82) is 0 Å². The summed E-state index contributed by atoms with van der Waals surface area (Å²) in [6.07, 6.45) is 1.88. The Morgan fingerprint density at radius 1 is 0.562 bits per heavy atom. The number of nitrogens with zero attached hydrogens (tertiary/aromatic N) is 1. The summed E-state index contributed by atoms with van der Waals surface area (Å²) in [5.41, 5.74) is 2.07. The molecular formula is C29H18FNSe. The van der Waals surface area contributed by atoms with E-state index < -0.39 is 0 Å². The summed E-state index contributed by atoms with van der Waals surface area (Å²) in [7, 11) is 0. The van der Waals surface area contributed by atoms with Gasteiger partial charge in [-0.25, -0.2) is 0 Å². The first-order chi connectivity index (χ1) is 15.8. The van der Waals surface area contributed by atoms with Gasteiger partial charge in [0.15, 0.2) is 0 Å². The molecule has 1 nitrogen and oxygen atoms in total. The van der Waals surface area contributed by atoms with Gasteiger partial charge in [-0.1, -0.05) is 0 Å². The Balaban J connectivity index is 1.72. The topological polar surface area (TPSA) is 12.9 Å². The van der Waals surface area contributed by atoms with Gasteiger partial charge in [0.25, 0.3) is 0 Å². The Bertz CT molecular complexity index is 1620. The van der Waals surface area contributed by atoms with Crippen LogP contribution < -0.4 is 8.92 Å². The summed E-state index contributed by atoms with van der Waals surface area (Å²) >= 11 is -0.195. The van der Waals surface area contributed by atoms with Crippen molar-refractivity contribution in [3.63, 3.8) is 0 Å². The molecule has 0 aliphatic carbocycles. The molecule has 152 valence electrons. The zero-order valence-corrected chi connectivity index (χ0v) is 18.8. The Labute approximate surface area is 191 Å². The SMILES string of the molecule is Fc1ccccc1[Se]c1ccc2ccccc2c1-c1nccc2ccc3ccccc3c12. The Morgan fingerprint density at radius 3 is 2.06 bits per heavy atom. The van der Waals surface area contributed by atoms with Crippen molar-refractivity contribution in [3.05, 3.63) is 115 Å². The second-order valence-electron chi connectivity index (χ2n) is 7.74. The van der Waals surface area contributed by atoms with Gasteiger partial charge >= 0.3 is 192 Å². The van der Waals surface area contributed by atoms with Crippen LogP contribution in [0.5, 0.6) is 0 Å². The van der Waals surface area contributed by atoms with E-state index in [0.29, 0.717) is 0 Å². The number of hydrogen-bond acceptors (Lipinski definition) is 1. The standard InChI is InChI=1S/C29H18FNSe/c30-24-11-5-6-12-25(24)32-26-16-15-20-8-2-4-10-23(20)28(26)29-27-21(17-18-31-29)14-13-19-7-1-3-9-22(19)27/h1-18H. The van der Waals surface area contributed by atoms with Gasteiger partial charge in [0.2, 0.25) is 0 Å². The van der Waals surface area contributed by atoms with Gasteiger partial charge in [0, 0.05) is 0 Å². The fourth-order valence-corrected chi connectivity index (χ4v) is 6.45. The van der Waals surface area contributed by atoms with Gasteiger partial charge < -0.3 is 0 Å². The predicted octanol–water partition coefficient (Wildman–Crippen LogP) is 6.00. The summed E-state index contributed by atoms with van der Waals surface area (Å²) in [4.78, 5) is 4.92. The summed E-state index contributed by atoms with van der Waals surface area (Å²) < 4.78 is 16.5. The van der Waals surface area contributed by atoms with Crippen LogP contribution in [0, 0.1) is 5.82 Å². The van der Waals surface area contributed by atoms with Crippen LogP contribution in [0.2, 0.25) is 0 Å². The molecule has 0 amide bonds. The third-order valence-electron chi connectivity index (χ3n) is 5.84. The van der Waals surface area contributed by atoms with Gasteiger partial charge in [-0.3, -0.25) is 0 Å². The van der Waals surface area contributed by atoms with E-state index in [1.54, 1.807) is 12.1 Å². The second kappa shape index (κ2) is 7.87. The van der Waals surface area contributed by atoms with Crippen molar-refractivity contribution in [3.8, 4) is 11.3 Å². The molecule has 0 unspecified atom stereocenters. The van der Waals surface area contributed by atoms with Crippen molar-refractivity contribution >= 4 is 56.2 Å². The van der Waals surface area contributed by atoms with Gasteiger partial charge in [-0.2, -0.15) is 0 Å². The second-order valence-corrected chi connectivity index (χ2v) is 10.0. The molecule has 6 rings (SSSR count). The van der Waals surface area contributed by atoms with E-state index in [1.165, 1.54) is 10.8 Å². The van der Waals surface area contributed by atoms with Crippen LogP contribution in [-0.4, -0.2) is 19.9 Å². The molecule has 0 bridgehead atoms. The molecule has 0 spiro atoms. The van der Waals surface area contributed by atoms with Gasteiger partial charge in [-0.15, -0.1) is 0 Å². The zero-order chi connectivity index (χ0) is 21.5. The van der Waals surface area contributed by atoms with E-state index in [4.69, 9.17) is 4.98 Å². The summed E-state index contributed by atoms with van der Waals surface area (Å²) in [5.74, 6) is -0.150. The molecule has 32 heavy (non-hydrogen) atoms. The molecule has 0 saturated carbocycles. The number of rotatable bonds is 3. The summed E-state index contributed by atoms with van der Waals surface area (Å²) in [6.45, 7) is 0. The van der Waals surface area contributed by atoms with Crippen LogP contribution in [-0.2, 0) is 0 Å². The Morgan fingerprint density at radius 2 is 1.22 bits per heavy atom. The van der Waals surface area contributed by atoms with Crippen molar-refractivity contribution in [2.24, 2.45) is 0 Å². The molecule has 5 aromatic carbocycles. The number of fused-ring (bicyclic) bond motifs is 4. The molecule has 3 heteroatoms. The molecule has 1 aromatic heterocycles. The van der Waals surface area contributed by atoms with Crippen LogP contribution in [0.25, 0.3) is 43.6 Å². The number of aromatic nitrogens is 1. The first kappa shape index (κ1) is 19.2. The monoisotopic (exact) mass is 479 g/mol. The Kier molecular flexibility index (Phi) is 4.72. The van der Waals surface area contributed by atoms with Crippen molar-refractivity contribution in [2.75, 3.05) is 0 Å². The quantitative estimate of drug-likeness (QED) is 0.225. The molecule has 0 radical (unpaired) electrons. The van der Waals surface area contributed by atoms with Crippen LogP contribution in [0.4, 0.5) is 4.39 Å². The predicted molar refractivity (Wildman–Crippen MR) is 134 cm³/mol. The molecular weight excluding hydrogens is 460 g/mol.